The van der Waals surface area contributed by atoms with Crippen LogP contribution in [0.5, 0.6) is 0 Å². The van der Waals surface area contributed by atoms with E-state index >= 15 is 0 Å². The summed E-state index contributed by atoms with van der Waals surface area (Å²) in [4.78, 5) is 24.9. The Labute approximate surface area is 173 Å². The molecule has 1 atom stereocenters. The number of halogens is 1. The zero-order valence-electron chi connectivity index (χ0n) is 16.1. The first-order valence-corrected chi connectivity index (χ1v) is 9.62. The van der Waals surface area contributed by atoms with Crippen LogP contribution >= 0.6 is 0 Å². The molecule has 4 rings (SSSR count). The van der Waals surface area contributed by atoms with Crippen LogP contribution in [-0.4, -0.2) is 11.9 Å². The number of aryl methyl sites for hydroxylation is 1. The molecule has 0 bridgehead atoms. The normalized spacial score (nSPS) is 14.6. The third-order valence-electron chi connectivity index (χ3n) is 5.12. The van der Waals surface area contributed by atoms with Crippen LogP contribution in [0.4, 0.5) is 26.2 Å². The monoisotopic (exact) mass is 404 g/mol. The average molecular weight is 404 g/mol. The lowest BCUT2D eigenvalue weighted by Crippen LogP contribution is -2.31. The fourth-order valence-electron chi connectivity index (χ4n) is 3.59. The number of rotatable bonds is 4. The van der Waals surface area contributed by atoms with E-state index in [-0.39, 0.29) is 17.6 Å². The maximum absolute atomic E-state index is 13.7. The molecule has 0 aromatic heterocycles. The minimum absolute atomic E-state index is 0.125. The number of nitrogens with one attached hydrogen (secondary N) is 3. The lowest BCUT2D eigenvalue weighted by Gasteiger charge is -2.15. The van der Waals surface area contributed by atoms with E-state index in [1.165, 1.54) is 12.1 Å². The van der Waals surface area contributed by atoms with E-state index in [9.17, 15) is 14.0 Å². The molecule has 6 nitrogen and oxygen atoms in total. The van der Waals surface area contributed by atoms with E-state index in [1.54, 1.807) is 42.5 Å². The predicted octanol–water partition coefficient (Wildman–Crippen LogP) is 4.47. The Morgan fingerprint density at radius 3 is 2.43 bits per heavy atom. The molecule has 0 radical (unpaired) electrons. The molecular weight excluding hydrogens is 383 g/mol. The highest BCUT2D eigenvalue weighted by atomic mass is 19.1. The van der Waals surface area contributed by atoms with Crippen molar-refractivity contribution in [3.05, 3.63) is 89.2 Å². The minimum Gasteiger partial charge on any atom is -0.397 e. The summed E-state index contributed by atoms with van der Waals surface area (Å²) >= 11 is 0. The Balaban J connectivity index is 1.43. The summed E-state index contributed by atoms with van der Waals surface area (Å²) in [5.41, 5.74) is 9.54. The number of hydrogen-bond donors (Lipinski definition) is 4. The van der Waals surface area contributed by atoms with Crippen LogP contribution in [0, 0.1) is 5.82 Å². The fraction of sp³-hybridized carbons (Fsp3) is 0.130. The van der Waals surface area contributed by atoms with Gasteiger partial charge in [0.05, 0.1) is 23.1 Å². The third kappa shape index (κ3) is 4.10. The van der Waals surface area contributed by atoms with Crippen molar-refractivity contribution in [2.45, 2.75) is 18.9 Å². The molecule has 1 aliphatic rings. The zero-order chi connectivity index (χ0) is 21.1. The van der Waals surface area contributed by atoms with Crippen molar-refractivity contribution in [1.82, 2.24) is 5.32 Å². The second-order valence-corrected chi connectivity index (χ2v) is 7.12. The van der Waals surface area contributed by atoms with Gasteiger partial charge in [-0.05, 0) is 60.4 Å². The van der Waals surface area contributed by atoms with Gasteiger partial charge in [0.15, 0.2) is 0 Å². The number of carbonyl (C=O) groups is 2. The minimum atomic E-state index is -0.492. The largest absolute Gasteiger partial charge is 0.397 e. The molecule has 0 saturated carbocycles. The second kappa shape index (κ2) is 8.24. The van der Waals surface area contributed by atoms with Gasteiger partial charge in [0.1, 0.15) is 5.82 Å². The van der Waals surface area contributed by atoms with Gasteiger partial charge in [-0.3, -0.25) is 4.79 Å². The Kier molecular flexibility index (Phi) is 5.34. The lowest BCUT2D eigenvalue weighted by atomic mass is 10.0. The summed E-state index contributed by atoms with van der Waals surface area (Å²) in [6.07, 6.45) is 1.44. The van der Waals surface area contributed by atoms with Crippen molar-refractivity contribution in [1.29, 1.82) is 0 Å². The third-order valence-corrected chi connectivity index (χ3v) is 5.12. The standard InChI is InChI=1S/C23H21FN4O2/c24-17-5-1-3-7-20(17)28-23(30)27-19-12-10-14-13-15(9-11-16(14)19)22(29)26-21-8-4-2-6-18(21)25/h1-9,11,13,19H,10,12,25H2,(H,26,29)(H2,27,28,30). The van der Waals surface area contributed by atoms with Gasteiger partial charge in [0.2, 0.25) is 0 Å². The number of fused-ring (bicyclic) bond motifs is 1. The number of para-hydroxylation sites is 3. The number of hydrogen-bond acceptors (Lipinski definition) is 3. The van der Waals surface area contributed by atoms with Crippen LogP contribution in [0.3, 0.4) is 0 Å². The quantitative estimate of drug-likeness (QED) is 0.483. The SMILES string of the molecule is Nc1ccccc1NC(=O)c1ccc2c(c1)CCC2NC(=O)Nc1ccccc1F. The van der Waals surface area contributed by atoms with Crippen molar-refractivity contribution in [2.24, 2.45) is 0 Å². The number of amides is 3. The summed E-state index contributed by atoms with van der Waals surface area (Å²) < 4.78 is 13.7. The van der Waals surface area contributed by atoms with Crippen LogP contribution in [0.1, 0.15) is 33.9 Å². The van der Waals surface area contributed by atoms with Gasteiger partial charge in [0.25, 0.3) is 5.91 Å². The van der Waals surface area contributed by atoms with Crippen molar-refractivity contribution in [3.8, 4) is 0 Å². The number of anilines is 3. The highest BCUT2D eigenvalue weighted by Crippen LogP contribution is 2.32. The van der Waals surface area contributed by atoms with Gasteiger partial charge in [0, 0.05) is 5.56 Å². The van der Waals surface area contributed by atoms with Gasteiger partial charge in [-0.2, -0.15) is 0 Å². The number of benzene rings is 3. The van der Waals surface area contributed by atoms with Crippen LogP contribution in [0.25, 0.3) is 0 Å². The Hall–Kier alpha value is -3.87. The average Bonchev–Trinajstić information content (AvgIpc) is 3.13. The van der Waals surface area contributed by atoms with Gasteiger partial charge in [-0.25, -0.2) is 9.18 Å². The van der Waals surface area contributed by atoms with E-state index < -0.39 is 11.8 Å². The summed E-state index contributed by atoms with van der Waals surface area (Å²) in [5.74, 6) is -0.737. The van der Waals surface area contributed by atoms with Crippen LogP contribution in [0.15, 0.2) is 66.7 Å². The molecule has 0 saturated heterocycles. The summed E-state index contributed by atoms with van der Waals surface area (Å²) in [6.45, 7) is 0. The van der Waals surface area contributed by atoms with E-state index in [2.05, 4.69) is 16.0 Å². The Bertz CT molecular complexity index is 1120. The zero-order valence-corrected chi connectivity index (χ0v) is 16.1. The summed E-state index contributed by atoms with van der Waals surface area (Å²) in [6, 6.07) is 17.8. The van der Waals surface area contributed by atoms with E-state index in [4.69, 9.17) is 5.73 Å². The number of nitrogen functional groups attached to an aromatic ring is 1. The summed E-state index contributed by atoms with van der Waals surface area (Å²) in [5, 5.41) is 8.22. The molecule has 1 aliphatic carbocycles. The molecule has 3 aromatic rings. The molecule has 7 heteroatoms. The van der Waals surface area contributed by atoms with Gasteiger partial charge in [-0.1, -0.05) is 30.3 Å². The highest BCUT2D eigenvalue weighted by Gasteiger charge is 2.25. The lowest BCUT2D eigenvalue weighted by molar-refractivity contribution is 0.102. The number of urea groups is 1. The number of carbonyl (C=O) groups excluding carboxylic acids is 2. The first-order valence-electron chi connectivity index (χ1n) is 9.62. The Morgan fingerprint density at radius 1 is 0.933 bits per heavy atom. The highest BCUT2D eigenvalue weighted by molar-refractivity contribution is 6.05. The van der Waals surface area contributed by atoms with E-state index in [0.29, 0.717) is 23.4 Å². The molecule has 0 heterocycles. The first kappa shape index (κ1) is 19.4. The topological polar surface area (TPSA) is 96.2 Å². The molecule has 1 unspecified atom stereocenters. The smallest absolute Gasteiger partial charge is 0.319 e. The van der Waals surface area contributed by atoms with Crippen LogP contribution < -0.4 is 21.7 Å². The van der Waals surface area contributed by atoms with Crippen molar-refractivity contribution < 1.29 is 14.0 Å². The van der Waals surface area contributed by atoms with Crippen molar-refractivity contribution in [2.75, 3.05) is 16.4 Å². The molecule has 3 aromatic carbocycles. The van der Waals surface area contributed by atoms with Gasteiger partial charge < -0.3 is 21.7 Å². The summed E-state index contributed by atoms with van der Waals surface area (Å²) in [7, 11) is 0. The molecule has 30 heavy (non-hydrogen) atoms. The molecule has 0 aliphatic heterocycles. The van der Waals surface area contributed by atoms with E-state index in [1.807, 2.05) is 12.1 Å². The maximum Gasteiger partial charge on any atom is 0.319 e. The first-order chi connectivity index (χ1) is 14.5. The number of nitrogens with two attached hydrogens (primary N) is 1. The molecule has 3 amide bonds. The molecule has 5 N–H and O–H groups in total. The van der Waals surface area contributed by atoms with Crippen molar-refractivity contribution in [3.63, 3.8) is 0 Å². The predicted molar refractivity (Wildman–Crippen MR) is 115 cm³/mol. The fourth-order valence-corrected chi connectivity index (χ4v) is 3.59. The Morgan fingerprint density at radius 2 is 1.67 bits per heavy atom. The van der Waals surface area contributed by atoms with Crippen LogP contribution in [0.2, 0.25) is 0 Å². The van der Waals surface area contributed by atoms with Gasteiger partial charge in [-0.15, -0.1) is 0 Å². The van der Waals surface area contributed by atoms with Gasteiger partial charge >= 0.3 is 6.03 Å². The van der Waals surface area contributed by atoms with Crippen LogP contribution in [-0.2, 0) is 6.42 Å². The van der Waals surface area contributed by atoms with E-state index in [0.717, 1.165) is 17.5 Å². The molecule has 0 fully saturated rings. The maximum atomic E-state index is 13.7. The molecular formula is C23H21FN4O2. The van der Waals surface area contributed by atoms with Crippen molar-refractivity contribution >= 4 is 29.0 Å². The second-order valence-electron chi connectivity index (χ2n) is 7.12. The molecule has 0 spiro atoms. The molecule has 152 valence electrons.